The van der Waals surface area contributed by atoms with Gasteiger partial charge in [-0.1, -0.05) is 13.8 Å². The van der Waals surface area contributed by atoms with Crippen molar-refractivity contribution in [1.29, 1.82) is 0 Å². The summed E-state index contributed by atoms with van der Waals surface area (Å²) >= 11 is 0. The van der Waals surface area contributed by atoms with E-state index in [0.717, 1.165) is 25.9 Å². The van der Waals surface area contributed by atoms with Crippen molar-refractivity contribution in [2.75, 3.05) is 26.2 Å². The molecule has 0 bridgehead atoms. The summed E-state index contributed by atoms with van der Waals surface area (Å²) in [6, 6.07) is 0. The predicted octanol–water partition coefficient (Wildman–Crippen LogP) is 0.103. The molecule has 1 spiro atoms. The Hall–Kier alpha value is -2.38. The minimum absolute atomic E-state index is 0.0157. The van der Waals surface area contributed by atoms with Crippen molar-refractivity contribution in [2.45, 2.75) is 39.5 Å². The largest absolute Gasteiger partial charge is 0.342 e. The van der Waals surface area contributed by atoms with Gasteiger partial charge in [0.1, 0.15) is 0 Å². The van der Waals surface area contributed by atoms with Gasteiger partial charge >= 0.3 is 5.69 Å². The van der Waals surface area contributed by atoms with Crippen molar-refractivity contribution in [2.24, 2.45) is 11.3 Å². The van der Waals surface area contributed by atoms with Crippen LogP contribution in [0.3, 0.4) is 0 Å². The molecule has 0 unspecified atom stereocenters. The maximum Gasteiger partial charge on any atom is 0.325 e. The quantitative estimate of drug-likeness (QED) is 0.792. The van der Waals surface area contributed by atoms with Gasteiger partial charge < -0.3 is 14.8 Å². The maximum absolute atomic E-state index is 12.5. The molecule has 8 nitrogen and oxygen atoms in total. The van der Waals surface area contributed by atoms with E-state index in [1.165, 1.54) is 6.20 Å². The number of nitrogens with zero attached hydrogens (tertiary/aromatic N) is 2. The van der Waals surface area contributed by atoms with E-state index in [9.17, 15) is 19.2 Å². The van der Waals surface area contributed by atoms with E-state index in [0.29, 0.717) is 25.4 Å². The summed E-state index contributed by atoms with van der Waals surface area (Å²) in [5, 5.41) is 0. The van der Waals surface area contributed by atoms with Gasteiger partial charge in [-0.2, -0.15) is 0 Å². The van der Waals surface area contributed by atoms with Gasteiger partial charge in [-0.3, -0.25) is 19.4 Å². The van der Waals surface area contributed by atoms with Crippen LogP contribution in [0.1, 0.15) is 38.7 Å². The molecule has 1 aromatic heterocycles. The second-order valence-corrected chi connectivity index (χ2v) is 8.00. The van der Waals surface area contributed by atoms with E-state index in [1.807, 2.05) is 4.90 Å². The summed E-state index contributed by atoms with van der Waals surface area (Å²) < 4.78 is 0. The summed E-state index contributed by atoms with van der Waals surface area (Å²) in [5.41, 5.74) is -0.864. The first kappa shape index (κ1) is 18.4. The molecule has 2 amide bonds. The molecular formula is C18H26N4O4. The van der Waals surface area contributed by atoms with Crippen LogP contribution in [-0.2, 0) is 16.0 Å². The molecule has 1 aromatic rings. The lowest BCUT2D eigenvalue weighted by Gasteiger charge is -2.39. The van der Waals surface area contributed by atoms with Gasteiger partial charge in [0.2, 0.25) is 11.8 Å². The molecule has 0 aliphatic carbocycles. The van der Waals surface area contributed by atoms with Crippen LogP contribution in [0.4, 0.5) is 0 Å². The molecule has 3 heterocycles. The number of likely N-dealkylation sites (tertiary alicyclic amines) is 2. The van der Waals surface area contributed by atoms with Crippen molar-refractivity contribution in [1.82, 2.24) is 19.8 Å². The molecule has 0 aromatic carbocycles. The topological polar surface area (TPSA) is 106 Å². The van der Waals surface area contributed by atoms with Crippen molar-refractivity contribution in [3.63, 3.8) is 0 Å². The van der Waals surface area contributed by atoms with Crippen LogP contribution in [0.2, 0.25) is 0 Å². The number of amides is 2. The number of H-pyrrole nitrogens is 2. The first-order valence-electron chi connectivity index (χ1n) is 9.14. The van der Waals surface area contributed by atoms with E-state index in [1.54, 1.807) is 4.90 Å². The third-order valence-corrected chi connectivity index (χ3v) is 5.41. The maximum atomic E-state index is 12.5. The highest BCUT2D eigenvalue weighted by Crippen LogP contribution is 2.41. The second-order valence-electron chi connectivity index (χ2n) is 8.00. The van der Waals surface area contributed by atoms with Crippen molar-refractivity contribution >= 4 is 11.8 Å². The Balaban J connectivity index is 1.58. The zero-order chi connectivity index (χ0) is 18.9. The highest BCUT2D eigenvalue weighted by molar-refractivity contribution is 5.80. The lowest BCUT2D eigenvalue weighted by atomic mass is 9.77. The van der Waals surface area contributed by atoms with Gasteiger partial charge in [0, 0.05) is 49.8 Å². The normalized spacial score (nSPS) is 19.6. The molecule has 2 fully saturated rings. The van der Waals surface area contributed by atoms with Gasteiger partial charge in [0.25, 0.3) is 5.56 Å². The van der Waals surface area contributed by atoms with Crippen LogP contribution in [0.5, 0.6) is 0 Å². The molecule has 0 saturated carbocycles. The monoisotopic (exact) mass is 362 g/mol. The standard InChI is InChI=1S/C18H26N4O4/c1-12(2)10-22-11-18(8-15(22)24)3-5-21(6-4-18)14(23)7-13-9-19-17(26)20-16(13)25/h9,12H,3-8,10-11H2,1-2H3,(H2,19,20,25,26). The minimum Gasteiger partial charge on any atom is -0.342 e. The number of rotatable bonds is 4. The van der Waals surface area contributed by atoms with E-state index < -0.39 is 11.2 Å². The fourth-order valence-electron chi connectivity index (χ4n) is 4.00. The summed E-state index contributed by atoms with van der Waals surface area (Å²) in [5.74, 6) is 0.546. The molecule has 8 heteroatoms. The third-order valence-electron chi connectivity index (χ3n) is 5.41. The summed E-state index contributed by atoms with van der Waals surface area (Å²) in [6.07, 6.45) is 3.45. The summed E-state index contributed by atoms with van der Waals surface area (Å²) in [4.78, 5) is 55.8. The number of aromatic amines is 2. The fraction of sp³-hybridized carbons (Fsp3) is 0.667. The van der Waals surface area contributed by atoms with Crippen LogP contribution in [0.15, 0.2) is 15.8 Å². The Kier molecular flexibility index (Phi) is 5.02. The minimum atomic E-state index is -0.581. The van der Waals surface area contributed by atoms with E-state index in [4.69, 9.17) is 0 Å². The van der Waals surface area contributed by atoms with Gasteiger partial charge in [0.05, 0.1) is 6.42 Å². The Labute approximate surface area is 151 Å². The fourth-order valence-corrected chi connectivity index (χ4v) is 4.00. The molecule has 2 aliphatic heterocycles. The highest BCUT2D eigenvalue weighted by atomic mass is 16.2. The smallest absolute Gasteiger partial charge is 0.325 e. The SMILES string of the molecule is CC(C)CN1CC2(CCN(C(=O)Cc3c[nH]c(=O)[nH]c3=O)CC2)CC1=O. The zero-order valence-corrected chi connectivity index (χ0v) is 15.3. The number of carbonyl (C=O) groups excluding carboxylic acids is 2. The number of carbonyl (C=O) groups is 2. The zero-order valence-electron chi connectivity index (χ0n) is 15.3. The average molecular weight is 362 g/mol. The molecular weight excluding hydrogens is 336 g/mol. The Morgan fingerprint density at radius 3 is 2.54 bits per heavy atom. The van der Waals surface area contributed by atoms with Gasteiger partial charge in [0.15, 0.2) is 0 Å². The summed E-state index contributed by atoms with van der Waals surface area (Å²) in [7, 11) is 0. The van der Waals surface area contributed by atoms with Crippen LogP contribution >= 0.6 is 0 Å². The number of aromatic nitrogens is 2. The van der Waals surface area contributed by atoms with Crippen LogP contribution in [0.25, 0.3) is 0 Å². The molecule has 2 N–H and O–H groups in total. The Morgan fingerprint density at radius 2 is 1.92 bits per heavy atom. The van der Waals surface area contributed by atoms with Crippen molar-refractivity contribution in [3.8, 4) is 0 Å². The molecule has 0 atom stereocenters. The van der Waals surface area contributed by atoms with E-state index in [2.05, 4.69) is 23.8 Å². The van der Waals surface area contributed by atoms with Crippen LogP contribution in [0, 0.1) is 11.3 Å². The molecule has 2 aliphatic rings. The van der Waals surface area contributed by atoms with E-state index in [-0.39, 0.29) is 29.2 Å². The molecule has 26 heavy (non-hydrogen) atoms. The van der Waals surface area contributed by atoms with E-state index >= 15 is 0 Å². The Morgan fingerprint density at radius 1 is 1.23 bits per heavy atom. The second kappa shape index (κ2) is 7.09. The van der Waals surface area contributed by atoms with Gasteiger partial charge in [-0.05, 0) is 18.8 Å². The molecule has 0 radical (unpaired) electrons. The summed E-state index contributed by atoms with van der Waals surface area (Å²) in [6.45, 7) is 6.99. The lowest BCUT2D eigenvalue weighted by Crippen LogP contribution is -2.45. The number of piperidine rings is 1. The van der Waals surface area contributed by atoms with Gasteiger partial charge in [-0.15, -0.1) is 0 Å². The van der Waals surface area contributed by atoms with Gasteiger partial charge in [-0.25, -0.2) is 4.79 Å². The van der Waals surface area contributed by atoms with Crippen molar-refractivity contribution < 1.29 is 9.59 Å². The predicted molar refractivity (Wildman–Crippen MR) is 95.7 cm³/mol. The molecule has 3 rings (SSSR count). The number of hydrogen-bond donors (Lipinski definition) is 2. The average Bonchev–Trinajstić information content (AvgIpc) is 2.85. The van der Waals surface area contributed by atoms with Crippen molar-refractivity contribution in [3.05, 3.63) is 32.6 Å². The Bertz CT molecular complexity index is 802. The molecule has 142 valence electrons. The lowest BCUT2D eigenvalue weighted by molar-refractivity contribution is -0.132. The number of hydrogen-bond acceptors (Lipinski definition) is 4. The number of nitrogens with one attached hydrogen (secondary N) is 2. The first-order valence-corrected chi connectivity index (χ1v) is 9.14. The van der Waals surface area contributed by atoms with Crippen LogP contribution in [-0.4, -0.2) is 57.8 Å². The first-order chi connectivity index (χ1) is 12.3. The molecule has 2 saturated heterocycles. The highest BCUT2D eigenvalue weighted by Gasteiger charge is 2.45. The third kappa shape index (κ3) is 3.89. The van der Waals surface area contributed by atoms with Crippen LogP contribution < -0.4 is 11.2 Å².